The average molecular weight is 388 g/mol. The Morgan fingerprint density at radius 2 is 1.56 bits per heavy atom. The van der Waals surface area contributed by atoms with Crippen molar-refractivity contribution in [2.45, 2.75) is 23.7 Å². The highest BCUT2D eigenvalue weighted by atomic mass is 32.2. The Hall–Kier alpha value is -2.35. The Balaban J connectivity index is 1.67. The van der Waals surface area contributed by atoms with Gasteiger partial charge < -0.3 is 19.3 Å². The van der Waals surface area contributed by atoms with E-state index in [-0.39, 0.29) is 6.61 Å². The summed E-state index contributed by atoms with van der Waals surface area (Å²) in [5.41, 5.74) is 0.814. The summed E-state index contributed by atoms with van der Waals surface area (Å²) < 4.78 is 16.4. The van der Waals surface area contributed by atoms with Crippen molar-refractivity contribution in [2.24, 2.45) is 0 Å². The molecule has 0 radical (unpaired) electrons. The molecule has 4 unspecified atom stereocenters. The summed E-state index contributed by atoms with van der Waals surface area (Å²) in [6, 6.07) is 17.1. The first-order valence-corrected chi connectivity index (χ1v) is 9.73. The van der Waals surface area contributed by atoms with Crippen LogP contribution >= 0.6 is 11.8 Å². The van der Waals surface area contributed by atoms with E-state index in [0.717, 1.165) is 0 Å². The molecule has 142 valence electrons. The van der Waals surface area contributed by atoms with Crippen molar-refractivity contribution in [3.8, 4) is 0 Å². The van der Waals surface area contributed by atoms with Crippen molar-refractivity contribution >= 4 is 23.7 Å². The number of rotatable bonds is 6. The number of carbonyl (C=O) groups excluding carboxylic acids is 2. The predicted molar refractivity (Wildman–Crippen MR) is 101 cm³/mol. The molecular weight excluding hydrogens is 368 g/mol. The van der Waals surface area contributed by atoms with E-state index in [0.29, 0.717) is 11.1 Å². The molecule has 27 heavy (non-hydrogen) atoms. The molecule has 4 atom stereocenters. The molecule has 1 aliphatic heterocycles. The third-order valence-corrected chi connectivity index (χ3v) is 5.24. The van der Waals surface area contributed by atoms with Crippen LogP contribution in [0.1, 0.15) is 20.7 Å². The fourth-order valence-electron chi connectivity index (χ4n) is 2.82. The molecule has 1 heterocycles. The molecule has 1 aliphatic rings. The largest absolute Gasteiger partial charge is 0.459 e. The molecule has 1 saturated heterocycles. The standard InChI is InChI=1S/C20H20O6S/c1-27-17-16(26-19(22)14-10-6-3-7-11-14)15(25-20(17)23)12-24-18(21)13-8-4-2-5-9-13/h2-11,15-17,20,23H,12H2,1H3. The minimum absolute atomic E-state index is 0.130. The molecule has 1 fully saturated rings. The summed E-state index contributed by atoms with van der Waals surface area (Å²) in [7, 11) is 0. The molecule has 0 bridgehead atoms. The molecule has 1 N–H and O–H groups in total. The summed E-state index contributed by atoms with van der Waals surface area (Å²) in [6.45, 7) is -0.130. The van der Waals surface area contributed by atoms with E-state index >= 15 is 0 Å². The first kappa shape index (κ1) is 19.4. The van der Waals surface area contributed by atoms with E-state index in [1.165, 1.54) is 11.8 Å². The number of hydrogen-bond donors (Lipinski definition) is 1. The molecule has 0 aliphatic carbocycles. The Morgan fingerprint density at radius 3 is 2.11 bits per heavy atom. The van der Waals surface area contributed by atoms with Crippen molar-refractivity contribution in [1.82, 2.24) is 0 Å². The van der Waals surface area contributed by atoms with Gasteiger partial charge in [-0.05, 0) is 30.5 Å². The predicted octanol–water partition coefficient (Wildman–Crippen LogP) is 2.52. The van der Waals surface area contributed by atoms with E-state index in [2.05, 4.69) is 0 Å². The Morgan fingerprint density at radius 1 is 1.00 bits per heavy atom. The minimum atomic E-state index is -1.12. The molecule has 6 nitrogen and oxygen atoms in total. The van der Waals surface area contributed by atoms with Crippen molar-refractivity contribution in [3.63, 3.8) is 0 Å². The van der Waals surface area contributed by atoms with Gasteiger partial charge in [0.15, 0.2) is 6.29 Å². The monoisotopic (exact) mass is 388 g/mol. The highest BCUT2D eigenvalue weighted by Gasteiger charge is 2.46. The van der Waals surface area contributed by atoms with Gasteiger partial charge in [0.25, 0.3) is 0 Å². The molecule has 0 spiro atoms. The van der Waals surface area contributed by atoms with E-state index < -0.39 is 35.7 Å². The number of esters is 2. The molecule has 0 saturated carbocycles. The number of carbonyl (C=O) groups is 2. The summed E-state index contributed by atoms with van der Waals surface area (Å²) in [5.74, 6) is -1.02. The van der Waals surface area contributed by atoms with Crippen molar-refractivity contribution in [2.75, 3.05) is 12.9 Å². The molecule has 3 rings (SSSR count). The lowest BCUT2D eigenvalue weighted by Gasteiger charge is -2.22. The zero-order valence-corrected chi connectivity index (χ0v) is 15.5. The smallest absolute Gasteiger partial charge is 0.338 e. The fourth-order valence-corrected chi connectivity index (χ4v) is 3.61. The van der Waals surface area contributed by atoms with Crippen LogP contribution in [0, 0.1) is 0 Å². The van der Waals surface area contributed by atoms with E-state index in [1.807, 2.05) is 0 Å². The van der Waals surface area contributed by atoms with Crippen LogP contribution in [-0.2, 0) is 14.2 Å². The number of hydrogen-bond acceptors (Lipinski definition) is 7. The second kappa shape index (κ2) is 9.03. The van der Waals surface area contributed by atoms with Crippen LogP contribution in [0.4, 0.5) is 0 Å². The number of benzene rings is 2. The zero-order chi connectivity index (χ0) is 19.2. The molecule has 0 aromatic heterocycles. The molecular formula is C20H20O6S. The quantitative estimate of drug-likeness (QED) is 0.762. The summed E-state index contributed by atoms with van der Waals surface area (Å²) >= 11 is 1.33. The number of aliphatic hydroxyl groups is 1. The first-order valence-electron chi connectivity index (χ1n) is 8.44. The third-order valence-electron chi connectivity index (χ3n) is 4.20. The van der Waals surface area contributed by atoms with Gasteiger partial charge in [0.05, 0.1) is 16.4 Å². The van der Waals surface area contributed by atoms with Crippen LogP contribution < -0.4 is 0 Å². The maximum atomic E-state index is 12.4. The van der Waals surface area contributed by atoms with Gasteiger partial charge in [-0.1, -0.05) is 36.4 Å². The lowest BCUT2D eigenvalue weighted by atomic mass is 10.1. The van der Waals surface area contributed by atoms with Crippen LogP contribution in [0.25, 0.3) is 0 Å². The first-order chi connectivity index (χ1) is 13.1. The maximum absolute atomic E-state index is 12.4. The van der Waals surface area contributed by atoms with Crippen LogP contribution in [0.2, 0.25) is 0 Å². The van der Waals surface area contributed by atoms with Gasteiger partial charge in [-0.15, -0.1) is 0 Å². The van der Waals surface area contributed by atoms with Crippen LogP contribution in [0.5, 0.6) is 0 Å². The van der Waals surface area contributed by atoms with E-state index in [9.17, 15) is 14.7 Å². The number of aliphatic hydroxyl groups excluding tert-OH is 1. The number of thioether (sulfide) groups is 1. The minimum Gasteiger partial charge on any atom is -0.459 e. The summed E-state index contributed by atoms with van der Waals surface area (Å²) in [5, 5.41) is 9.65. The summed E-state index contributed by atoms with van der Waals surface area (Å²) in [4.78, 5) is 24.5. The van der Waals surface area contributed by atoms with E-state index in [4.69, 9.17) is 14.2 Å². The topological polar surface area (TPSA) is 82.1 Å². The fraction of sp³-hybridized carbons (Fsp3) is 0.300. The maximum Gasteiger partial charge on any atom is 0.338 e. The van der Waals surface area contributed by atoms with Gasteiger partial charge >= 0.3 is 11.9 Å². The van der Waals surface area contributed by atoms with Gasteiger partial charge in [0.1, 0.15) is 18.8 Å². The Kier molecular flexibility index (Phi) is 6.49. The average Bonchev–Trinajstić information content (AvgIpc) is 3.01. The van der Waals surface area contributed by atoms with Gasteiger partial charge in [-0.2, -0.15) is 11.8 Å². The van der Waals surface area contributed by atoms with Crippen LogP contribution in [0.3, 0.4) is 0 Å². The summed E-state index contributed by atoms with van der Waals surface area (Å²) in [6.07, 6.45) is -0.822. The highest BCUT2D eigenvalue weighted by Crippen LogP contribution is 2.31. The second-order valence-corrected chi connectivity index (χ2v) is 6.98. The third kappa shape index (κ3) is 4.68. The van der Waals surface area contributed by atoms with E-state index in [1.54, 1.807) is 66.9 Å². The van der Waals surface area contributed by atoms with Gasteiger partial charge in [-0.25, -0.2) is 9.59 Å². The second-order valence-electron chi connectivity index (χ2n) is 5.97. The zero-order valence-electron chi connectivity index (χ0n) is 14.7. The molecule has 2 aromatic carbocycles. The lowest BCUT2D eigenvalue weighted by Crippen LogP contribution is -2.37. The lowest BCUT2D eigenvalue weighted by molar-refractivity contribution is -0.109. The Labute approximate surface area is 161 Å². The van der Waals surface area contributed by atoms with Gasteiger partial charge in [0, 0.05) is 0 Å². The Bertz CT molecular complexity index is 767. The highest BCUT2D eigenvalue weighted by molar-refractivity contribution is 7.99. The molecule has 0 amide bonds. The normalized spacial score (nSPS) is 24.4. The van der Waals surface area contributed by atoms with Crippen LogP contribution in [0.15, 0.2) is 60.7 Å². The molecule has 2 aromatic rings. The number of ether oxygens (including phenoxy) is 3. The van der Waals surface area contributed by atoms with Crippen molar-refractivity contribution in [3.05, 3.63) is 71.8 Å². The van der Waals surface area contributed by atoms with Crippen molar-refractivity contribution < 1.29 is 28.9 Å². The van der Waals surface area contributed by atoms with Crippen molar-refractivity contribution in [1.29, 1.82) is 0 Å². The van der Waals surface area contributed by atoms with Gasteiger partial charge in [0.2, 0.25) is 0 Å². The molecule has 7 heteroatoms. The van der Waals surface area contributed by atoms with Crippen LogP contribution in [-0.4, -0.2) is 53.7 Å². The van der Waals surface area contributed by atoms with Gasteiger partial charge in [-0.3, -0.25) is 0 Å². The SMILES string of the molecule is CSC1C(O)OC(COC(=O)c2ccccc2)C1OC(=O)c1ccccc1.